The van der Waals surface area contributed by atoms with Crippen molar-refractivity contribution in [3.05, 3.63) is 58.9 Å². The summed E-state index contributed by atoms with van der Waals surface area (Å²) in [6, 6.07) is 11.3. The van der Waals surface area contributed by atoms with E-state index in [1.807, 2.05) is 43.5 Å². The lowest BCUT2D eigenvalue weighted by Gasteiger charge is -2.12. The summed E-state index contributed by atoms with van der Waals surface area (Å²) >= 11 is 0. The van der Waals surface area contributed by atoms with Crippen LogP contribution in [-0.4, -0.2) is 20.6 Å². The summed E-state index contributed by atoms with van der Waals surface area (Å²) in [7, 11) is 0. The molecule has 0 radical (unpaired) electrons. The van der Waals surface area contributed by atoms with Crippen LogP contribution in [0, 0.1) is 20.8 Å². The number of carboxylic acids is 1. The summed E-state index contributed by atoms with van der Waals surface area (Å²) in [5, 5.41) is 9.45. The molecule has 21 heavy (non-hydrogen) atoms. The Morgan fingerprint density at radius 1 is 1.14 bits per heavy atom. The first-order chi connectivity index (χ1) is 9.99. The van der Waals surface area contributed by atoms with E-state index in [4.69, 9.17) is 0 Å². The van der Waals surface area contributed by atoms with Crippen LogP contribution in [0.5, 0.6) is 0 Å². The van der Waals surface area contributed by atoms with Crippen LogP contribution in [0.25, 0.3) is 16.7 Å². The van der Waals surface area contributed by atoms with Gasteiger partial charge < -0.3 is 5.11 Å². The quantitative estimate of drug-likeness (QED) is 0.779. The molecule has 0 fully saturated rings. The van der Waals surface area contributed by atoms with E-state index in [9.17, 15) is 9.90 Å². The fourth-order valence-electron chi connectivity index (χ4n) is 2.67. The highest BCUT2D eigenvalue weighted by molar-refractivity contribution is 6.02. The maximum atomic E-state index is 11.5. The summed E-state index contributed by atoms with van der Waals surface area (Å²) < 4.78 is 1.93. The van der Waals surface area contributed by atoms with Gasteiger partial charge in [-0.3, -0.25) is 4.57 Å². The van der Waals surface area contributed by atoms with Gasteiger partial charge in [0.2, 0.25) is 0 Å². The average molecular weight is 280 g/mol. The van der Waals surface area contributed by atoms with Crippen molar-refractivity contribution < 1.29 is 9.90 Å². The number of imidazole rings is 1. The molecule has 4 nitrogen and oxygen atoms in total. The molecule has 0 aliphatic rings. The van der Waals surface area contributed by atoms with Gasteiger partial charge in [0.05, 0.1) is 22.3 Å². The predicted octanol–water partition coefficient (Wildman–Crippen LogP) is 3.65. The van der Waals surface area contributed by atoms with Crippen molar-refractivity contribution >= 4 is 17.0 Å². The summed E-state index contributed by atoms with van der Waals surface area (Å²) in [4.78, 5) is 16.0. The lowest BCUT2D eigenvalue weighted by atomic mass is 10.1. The van der Waals surface area contributed by atoms with Crippen LogP contribution >= 0.6 is 0 Å². The lowest BCUT2D eigenvalue weighted by Crippen LogP contribution is -2.05. The van der Waals surface area contributed by atoms with E-state index < -0.39 is 5.97 Å². The molecule has 1 N–H and O–H groups in total. The Morgan fingerprint density at radius 2 is 1.90 bits per heavy atom. The molecule has 1 heterocycles. The van der Waals surface area contributed by atoms with Crippen LogP contribution in [0.2, 0.25) is 0 Å². The number of aromatic carboxylic acids is 1. The zero-order chi connectivity index (χ0) is 15.1. The second kappa shape index (κ2) is 4.74. The zero-order valence-electron chi connectivity index (χ0n) is 12.2. The van der Waals surface area contributed by atoms with Gasteiger partial charge in [-0.1, -0.05) is 18.2 Å². The number of nitrogens with zero attached hydrogens (tertiary/aromatic N) is 2. The Morgan fingerprint density at radius 3 is 2.62 bits per heavy atom. The number of rotatable bonds is 2. The van der Waals surface area contributed by atoms with Gasteiger partial charge in [0, 0.05) is 0 Å². The molecular formula is C17H16N2O2. The molecule has 0 amide bonds. The number of hydrogen-bond acceptors (Lipinski definition) is 2. The normalized spacial score (nSPS) is 11.0. The third-order valence-electron chi connectivity index (χ3n) is 3.68. The van der Waals surface area contributed by atoms with E-state index >= 15 is 0 Å². The molecule has 0 bridgehead atoms. The SMILES string of the molecule is Cc1ccc(C)c(-n2c(C)nc3cccc(C(=O)O)c32)c1. The van der Waals surface area contributed by atoms with Gasteiger partial charge in [0.25, 0.3) is 0 Å². The summed E-state index contributed by atoms with van der Waals surface area (Å²) in [5.74, 6) is -0.153. The van der Waals surface area contributed by atoms with Crippen molar-refractivity contribution in [1.29, 1.82) is 0 Å². The maximum absolute atomic E-state index is 11.5. The first-order valence-corrected chi connectivity index (χ1v) is 6.78. The van der Waals surface area contributed by atoms with Gasteiger partial charge in [0.15, 0.2) is 0 Å². The monoisotopic (exact) mass is 280 g/mol. The van der Waals surface area contributed by atoms with Crippen LogP contribution in [0.4, 0.5) is 0 Å². The lowest BCUT2D eigenvalue weighted by molar-refractivity contribution is 0.0698. The van der Waals surface area contributed by atoms with E-state index in [0.717, 1.165) is 22.6 Å². The molecule has 3 aromatic rings. The second-order valence-electron chi connectivity index (χ2n) is 5.26. The molecule has 0 unspecified atom stereocenters. The summed E-state index contributed by atoms with van der Waals surface area (Å²) in [6.07, 6.45) is 0. The van der Waals surface area contributed by atoms with Crippen LogP contribution in [0.15, 0.2) is 36.4 Å². The van der Waals surface area contributed by atoms with Gasteiger partial charge in [-0.25, -0.2) is 9.78 Å². The molecule has 0 spiro atoms. The fraction of sp³-hybridized carbons (Fsp3) is 0.176. The van der Waals surface area contributed by atoms with Crippen LogP contribution in [0.3, 0.4) is 0 Å². The van der Waals surface area contributed by atoms with Gasteiger partial charge in [-0.15, -0.1) is 0 Å². The van der Waals surface area contributed by atoms with Crippen molar-refractivity contribution in [1.82, 2.24) is 9.55 Å². The van der Waals surface area contributed by atoms with Crippen LogP contribution in [-0.2, 0) is 0 Å². The Labute approximate surface area is 122 Å². The largest absolute Gasteiger partial charge is 0.478 e. The van der Waals surface area contributed by atoms with Crippen molar-refractivity contribution in [2.75, 3.05) is 0 Å². The standard InChI is InChI=1S/C17H16N2O2/c1-10-7-8-11(2)15(9-10)19-12(3)18-14-6-4-5-13(16(14)19)17(20)21/h4-9H,1-3H3,(H,20,21). The number of aryl methyl sites for hydroxylation is 3. The maximum Gasteiger partial charge on any atom is 0.337 e. The number of para-hydroxylation sites is 1. The third-order valence-corrected chi connectivity index (χ3v) is 3.68. The molecule has 0 aliphatic heterocycles. The number of benzene rings is 2. The summed E-state index contributed by atoms with van der Waals surface area (Å²) in [6.45, 7) is 5.94. The average Bonchev–Trinajstić information content (AvgIpc) is 2.77. The first-order valence-electron chi connectivity index (χ1n) is 6.78. The van der Waals surface area contributed by atoms with Crippen molar-refractivity contribution in [3.8, 4) is 5.69 Å². The minimum absolute atomic E-state index is 0.272. The van der Waals surface area contributed by atoms with E-state index in [1.165, 1.54) is 0 Å². The number of carboxylic acid groups (broad SMARTS) is 1. The first kappa shape index (κ1) is 13.4. The van der Waals surface area contributed by atoms with Crippen molar-refractivity contribution in [2.24, 2.45) is 0 Å². The number of carbonyl (C=O) groups is 1. The van der Waals surface area contributed by atoms with Gasteiger partial charge in [-0.05, 0) is 50.1 Å². The van der Waals surface area contributed by atoms with E-state index in [0.29, 0.717) is 11.0 Å². The molecule has 3 rings (SSSR count). The highest BCUT2D eigenvalue weighted by Gasteiger charge is 2.17. The molecule has 0 saturated heterocycles. The molecule has 106 valence electrons. The predicted molar refractivity (Wildman–Crippen MR) is 82.2 cm³/mol. The molecular weight excluding hydrogens is 264 g/mol. The van der Waals surface area contributed by atoms with Crippen molar-refractivity contribution in [3.63, 3.8) is 0 Å². The van der Waals surface area contributed by atoms with Gasteiger partial charge >= 0.3 is 5.97 Å². The Hall–Kier alpha value is -2.62. The highest BCUT2D eigenvalue weighted by atomic mass is 16.4. The Bertz CT molecular complexity index is 863. The van der Waals surface area contributed by atoms with Gasteiger partial charge in [-0.2, -0.15) is 0 Å². The zero-order valence-corrected chi connectivity index (χ0v) is 12.2. The molecule has 2 aromatic carbocycles. The minimum atomic E-state index is -0.938. The van der Waals surface area contributed by atoms with Gasteiger partial charge in [0.1, 0.15) is 5.82 Å². The Kier molecular flexibility index (Phi) is 3.01. The molecule has 0 atom stereocenters. The van der Waals surface area contributed by atoms with E-state index in [-0.39, 0.29) is 5.56 Å². The second-order valence-corrected chi connectivity index (χ2v) is 5.26. The van der Waals surface area contributed by atoms with E-state index in [2.05, 4.69) is 11.1 Å². The highest BCUT2D eigenvalue weighted by Crippen LogP contribution is 2.27. The molecule has 1 aromatic heterocycles. The molecule has 4 heteroatoms. The van der Waals surface area contributed by atoms with Crippen molar-refractivity contribution in [2.45, 2.75) is 20.8 Å². The van der Waals surface area contributed by atoms with Crippen LogP contribution < -0.4 is 0 Å². The number of fused-ring (bicyclic) bond motifs is 1. The smallest absolute Gasteiger partial charge is 0.337 e. The summed E-state index contributed by atoms with van der Waals surface area (Å²) in [5.41, 5.74) is 4.81. The molecule has 0 aliphatic carbocycles. The number of aromatic nitrogens is 2. The Balaban J connectivity index is 2.44. The topological polar surface area (TPSA) is 55.1 Å². The van der Waals surface area contributed by atoms with E-state index in [1.54, 1.807) is 12.1 Å². The minimum Gasteiger partial charge on any atom is -0.478 e. The fourth-order valence-corrected chi connectivity index (χ4v) is 2.67. The third kappa shape index (κ3) is 2.09. The molecule has 0 saturated carbocycles. The van der Waals surface area contributed by atoms with Crippen LogP contribution in [0.1, 0.15) is 27.3 Å². The number of hydrogen-bond donors (Lipinski definition) is 1.